The molecule has 0 aliphatic carbocycles. The van der Waals surface area contributed by atoms with Crippen LogP contribution in [-0.2, 0) is 4.79 Å². The number of aliphatic carboxylic acids is 1. The molecule has 0 aromatic heterocycles. The molecule has 1 aliphatic rings. The second-order valence-electron chi connectivity index (χ2n) is 4.10. The molecular formula is C12H16N2O2. The van der Waals surface area contributed by atoms with Crippen LogP contribution >= 0.6 is 0 Å². The zero-order valence-electron chi connectivity index (χ0n) is 9.10. The molecule has 0 bridgehead atoms. The number of nitrogens with zero attached hydrogens (tertiary/aromatic N) is 1. The third-order valence-electron chi connectivity index (χ3n) is 2.99. The molecule has 1 heterocycles. The summed E-state index contributed by atoms with van der Waals surface area (Å²) >= 11 is 0. The summed E-state index contributed by atoms with van der Waals surface area (Å²) in [6.07, 6.45) is 2.47. The van der Waals surface area contributed by atoms with Crippen molar-refractivity contribution in [1.29, 1.82) is 0 Å². The van der Waals surface area contributed by atoms with E-state index in [9.17, 15) is 4.79 Å². The minimum atomic E-state index is -0.992. The van der Waals surface area contributed by atoms with Crippen molar-refractivity contribution >= 4 is 11.7 Å². The summed E-state index contributed by atoms with van der Waals surface area (Å²) in [5.41, 5.74) is 7.33. The average Bonchev–Trinajstić information content (AvgIpc) is 2.81. The van der Waals surface area contributed by atoms with Crippen LogP contribution in [0.4, 0.5) is 5.69 Å². The highest BCUT2D eigenvalue weighted by Gasteiger charge is 2.15. The van der Waals surface area contributed by atoms with Crippen LogP contribution in [0.5, 0.6) is 0 Å². The maximum absolute atomic E-state index is 10.7. The van der Waals surface area contributed by atoms with Gasteiger partial charge in [-0.25, -0.2) is 0 Å². The summed E-state index contributed by atoms with van der Waals surface area (Å²) in [6.45, 7) is 2.18. The standard InChI is InChI=1S/C12H16N2O2/c13-11(12(15)16)9-3-5-10(6-4-9)14-7-1-2-8-14/h3-6,11H,1-2,7-8,13H2,(H,15,16)/t11-/m0/s1. The van der Waals surface area contributed by atoms with Crippen LogP contribution in [0, 0.1) is 0 Å². The summed E-state index contributed by atoms with van der Waals surface area (Å²) in [5, 5.41) is 8.78. The fraction of sp³-hybridized carbons (Fsp3) is 0.417. The third kappa shape index (κ3) is 2.17. The van der Waals surface area contributed by atoms with Gasteiger partial charge in [0.25, 0.3) is 0 Å². The topological polar surface area (TPSA) is 66.6 Å². The summed E-state index contributed by atoms with van der Waals surface area (Å²) in [5.74, 6) is -0.992. The molecule has 86 valence electrons. The molecule has 0 radical (unpaired) electrons. The first-order valence-corrected chi connectivity index (χ1v) is 5.52. The van der Waals surface area contributed by atoms with Gasteiger partial charge in [0.15, 0.2) is 0 Å². The Kier molecular flexibility index (Phi) is 3.10. The predicted octanol–water partition coefficient (Wildman–Crippen LogP) is 1.37. The number of hydrogen-bond donors (Lipinski definition) is 2. The molecule has 0 spiro atoms. The van der Waals surface area contributed by atoms with Gasteiger partial charge in [0.1, 0.15) is 6.04 Å². The molecule has 1 aromatic carbocycles. The molecule has 1 aliphatic heterocycles. The predicted molar refractivity (Wildman–Crippen MR) is 62.5 cm³/mol. The maximum Gasteiger partial charge on any atom is 0.325 e. The van der Waals surface area contributed by atoms with Gasteiger partial charge in [0.05, 0.1) is 0 Å². The number of rotatable bonds is 3. The van der Waals surface area contributed by atoms with E-state index in [1.165, 1.54) is 12.8 Å². The Hall–Kier alpha value is -1.55. The highest BCUT2D eigenvalue weighted by Crippen LogP contribution is 2.22. The van der Waals surface area contributed by atoms with Crippen molar-refractivity contribution < 1.29 is 9.90 Å². The second-order valence-corrected chi connectivity index (χ2v) is 4.10. The van der Waals surface area contributed by atoms with Gasteiger partial charge >= 0.3 is 5.97 Å². The molecule has 1 aromatic rings. The Morgan fingerprint density at radius 2 is 1.81 bits per heavy atom. The lowest BCUT2D eigenvalue weighted by Gasteiger charge is -2.18. The van der Waals surface area contributed by atoms with Crippen molar-refractivity contribution in [2.45, 2.75) is 18.9 Å². The van der Waals surface area contributed by atoms with Crippen LogP contribution in [0.3, 0.4) is 0 Å². The van der Waals surface area contributed by atoms with E-state index in [1.807, 2.05) is 12.1 Å². The quantitative estimate of drug-likeness (QED) is 0.807. The monoisotopic (exact) mass is 220 g/mol. The Bertz CT molecular complexity index is 369. The van der Waals surface area contributed by atoms with Crippen molar-refractivity contribution in [2.75, 3.05) is 18.0 Å². The van der Waals surface area contributed by atoms with Crippen LogP contribution in [0.2, 0.25) is 0 Å². The van der Waals surface area contributed by atoms with Gasteiger partial charge in [-0.2, -0.15) is 0 Å². The summed E-state index contributed by atoms with van der Waals surface area (Å²) in [4.78, 5) is 13.0. The largest absolute Gasteiger partial charge is 0.480 e. The first kappa shape index (κ1) is 11.0. The Morgan fingerprint density at radius 3 is 2.31 bits per heavy atom. The molecule has 1 saturated heterocycles. The molecule has 0 saturated carbocycles. The van der Waals surface area contributed by atoms with E-state index in [1.54, 1.807) is 12.1 Å². The zero-order chi connectivity index (χ0) is 11.5. The molecule has 4 nitrogen and oxygen atoms in total. The van der Waals surface area contributed by atoms with Crippen molar-refractivity contribution in [2.24, 2.45) is 5.73 Å². The molecule has 1 fully saturated rings. The minimum absolute atomic E-state index is 0.649. The molecular weight excluding hydrogens is 204 g/mol. The normalized spacial score (nSPS) is 17.4. The molecule has 16 heavy (non-hydrogen) atoms. The summed E-state index contributed by atoms with van der Waals surface area (Å²) in [7, 11) is 0. The van der Waals surface area contributed by atoms with E-state index < -0.39 is 12.0 Å². The van der Waals surface area contributed by atoms with Crippen LogP contribution in [0.15, 0.2) is 24.3 Å². The van der Waals surface area contributed by atoms with Crippen molar-refractivity contribution in [3.63, 3.8) is 0 Å². The Morgan fingerprint density at radius 1 is 1.25 bits per heavy atom. The van der Waals surface area contributed by atoms with Crippen LogP contribution in [-0.4, -0.2) is 24.2 Å². The molecule has 0 amide bonds. The van der Waals surface area contributed by atoms with Crippen molar-refractivity contribution in [3.8, 4) is 0 Å². The van der Waals surface area contributed by atoms with Crippen LogP contribution in [0.25, 0.3) is 0 Å². The molecule has 2 rings (SSSR count). The van der Waals surface area contributed by atoms with E-state index >= 15 is 0 Å². The zero-order valence-corrected chi connectivity index (χ0v) is 9.10. The molecule has 1 atom stereocenters. The summed E-state index contributed by atoms with van der Waals surface area (Å²) < 4.78 is 0. The lowest BCUT2D eigenvalue weighted by Crippen LogP contribution is -2.21. The van der Waals surface area contributed by atoms with Gasteiger partial charge in [-0.15, -0.1) is 0 Å². The SMILES string of the molecule is N[C@H](C(=O)O)c1ccc(N2CCCC2)cc1. The number of nitrogens with two attached hydrogens (primary N) is 1. The second kappa shape index (κ2) is 4.53. The molecule has 0 unspecified atom stereocenters. The summed E-state index contributed by atoms with van der Waals surface area (Å²) in [6, 6.07) is 6.57. The number of carbonyl (C=O) groups is 1. The number of anilines is 1. The van der Waals surface area contributed by atoms with Gasteiger partial charge < -0.3 is 15.7 Å². The Labute approximate surface area is 94.7 Å². The lowest BCUT2D eigenvalue weighted by molar-refractivity contribution is -0.138. The van der Waals surface area contributed by atoms with Crippen LogP contribution < -0.4 is 10.6 Å². The van der Waals surface area contributed by atoms with E-state index in [2.05, 4.69) is 4.90 Å². The first-order valence-electron chi connectivity index (χ1n) is 5.52. The van der Waals surface area contributed by atoms with E-state index in [4.69, 9.17) is 10.8 Å². The van der Waals surface area contributed by atoms with Gasteiger partial charge in [-0.1, -0.05) is 12.1 Å². The Balaban J connectivity index is 2.12. The van der Waals surface area contributed by atoms with Gasteiger partial charge in [0.2, 0.25) is 0 Å². The fourth-order valence-corrected chi connectivity index (χ4v) is 2.01. The van der Waals surface area contributed by atoms with Crippen molar-refractivity contribution in [3.05, 3.63) is 29.8 Å². The number of benzene rings is 1. The van der Waals surface area contributed by atoms with Gasteiger partial charge in [0, 0.05) is 18.8 Å². The lowest BCUT2D eigenvalue weighted by atomic mass is 10.1. The van der Waals surface area contributed by atoms with Gasteiger partial charge in [-0.3, -0.25) is 4.79 Å². The smallest absolute Gasteiger partial charge is 0.325 e. The van der Waals surface area contributed by atoms with E-state index in [0.717, 1.165) is 18.8 Å². The maximum atomic E-state index is 10.7. The van der Waals surface area contributed by atoms with E-state index in [-0.39, 0.29) is 0 Å². The molecule has 3 N–H and O–H groups in total. The average molecular weight is 220 g/mol. The van der Waals surface area contributed by atoms with E-state index in [0.29, 0.717) is 5.56 Å². The first-order chi connectivity index (χ1) is 7.68. The third-order valence-corrected chi connectivity index (χ3v) is 2.99. The van der Waals surface area contributed by atoms with Gasteiger partial charge in [-0.05, 0) is 30.5 Å². The fourth-order valence-electron chi connectivity index (χ4n) is 2.01. The highest BCUT2D eigenvalue weighted by molar-refractivity contribution is 5.75. The van der Waals surface area contributed by atoms with Crippen LogP contribution in [0.1, 0.15) is 24.4 Å². The van der Waals surface area contributed by atoms with Crippen molar-refractivity contribution in [1.82, 2.24) is 0 Å². The number of carboxylic acids is 1. The number of hydrogen-bond acceptors (Lipinski definition) is 3. The highest BCUT2D eigenvalue weighted by atomic mass is 16.4. The minimum Gasteiger partial charge on any atom is -0.480 e. The number of carboxylic acid groups (broad SMARTS) is 1. The molecule has 4 heteroatoms.